The molecule has 0 aliphatic carbocycles. The largest absolute Gasteiger partial charge is 0.354 e. The topological polar surface area (TPSA) is 54.9 Å². The van der Waals surface area contributed by atoms with Crippen LogP contribution >= 0.6 is 34.0 Å². The number of rotatable bonds is 4. The van der Waals surface area contributed by atoms with Gasteiger partial charge in [0.15, 0.2) is 0 Å². The Hall–Kier alpha value is -1.83. The summed E-state index contributed by atoms with van der Waals surface area (Å²) in [6.45, 7) is 0. The van der Waals surface area contributed by atoms with Gasteiger partial charge >= 0.3 is 0 Å². The Kier molecular flexibility index (Phi) is 4.23. The third kappa shape index (κ3) is 3.26. The van der Waals surface area contributed by atoms with Crippen LogP contribution in [-0.4, -0.2) is 22.9 Å². The number of thiazole rings is 2. The zero-order chi connectivity index (χ0) is 14.7. The fourth-order valence-corrected chi connectivity index (χ4v) is 4.01. The van der Waals surface area contributed by atoms with E-state index in [1.54, 1.807) is 35.9 Å². The Morgan fingerprint density at radius 2 is 2.14 bits per heavy atom. The summed E-state index contributed by atoms with van der Waals surface area (Å²) in [4.78, 5) is 22.9. The average Bonchev–Trinajstić information content (AvgIpc) is 3.23. The molecule has 3 rings (SSSR count). The molecule has 0 bridgehead atoms. The minimum absolute atomic E-state index is 0.107. The molecule has 3 aromatic rings. The molecule has 0 aliphatic rings. The molecule has 3 aromatic heterocycles. The van der Waals surface area contributed by atoms with E-state index in [1.165, 1.54) is 16.2 Å². The van der Waals surface area contributed by atoms with Crippen molar-refractivity contribution >= 4 is 52.1 Å². The number of amides is 1. The van der Waals surface area contributed by atoms with Gasteiger partial charge in [-0.15, -0.1) is 34.0 Å². The molecule has 21 heavy (non-hydrogen) atoms. The average molecular weight is 333 g/mol. The van der Waals surface area contributed by atoms with Crippen molar-refractivity contribution in [2.75, 3.05) is 7.05 Å². The zero-order valence-electron chi connectivity index (χ0n) is 11.1. The van der Waals surface area contributed by atoms with Crippen LogP contribution in [-0.2, 0) is 0 Å². The van der Waals surface area contributed by atoms with Crippen molar-refractivity contribution in [2.24, 2.45) is 0 Å². The molecule has 1 N–H and O–H groups in total. The summed E-state index contributed by atoms with van der Waals surface area (Å²) in [5.41, 5.74) is 0. The van der Waals surface area contributed by atoms with Gasteiger partial charge in [0.05, 0.1) is 11.1 Å². The number of nitrogens with zero attached hydrogens (tertiary/aromatic N) is 2. The zero-order valence-corrected chi connectivity index (χ0v) is 13.5. The molecule has 0 unspecified atom stereocenters. The number of carbonyl (C=O) groups excluding carboxylic acids is 1. The van der Waals surface area contributed by atoms with Crippen molar-refractivity contribution < 1.29 is 4.79 Å². The molecule has 0 saturated carbocycles. The minimum Gasteiger partial charge on any atom is -0.354 e. The first-order chi connectivity index (χ1) is 10.3. The smallest absolute Gasteiger partial charge is 0.262 e. The molecular formula is C14H11N3OS3. The van der Waals surface area contributed by atoms with Crippen LogP contribution in [0.2, 0.25) is 0 Å². The SMILES string of the molecule is CNC(=O)c1cnc(/C=C/c2cnc(-c3cccs3)s2)s1. The predicted octanol–water partition coefficient (Wildman–Crippen LogP) is 3.86. The van der Waals surface area contributed by atoms with Crippen LogP contribution in [0.5, 0.6) is 0 Å². The molecule has 0 atom stereocenters. The van der Waals surface area contributed by atoms with Gasteiger partial charge in [-0.2, -0.15) is 0 Å². The van der Waals surface area contributed by atoms with Crippen LogP contribution in [0.3, 0.4) is 0 Å². The summed E-state index contributed by atoms with van der Waals surface area (Å²) in [6.07, 6.45) is 7.32. The van der Waals surface area contributed by atoms with Crippen LogP contribution < -0.4 is 5.32 Å². The molecule has 0 spiro atoms. The lowest BCUT2D eigenvalue weighted by Gasteiger charge is -1.90. The van der Waals surface area contributed by atoms with Gasteiger partial charge in [-0.25, -0.2) is 9.97 Å². The molecule has 0 aromatic carbocycles. The maximum absolute atomic E-state index is 11.5. The highest BCUT2D eigenvalue weighted by molar-refractivity contribution is 7.21. The number of carbonyl (C=O) groups is 1. The Morgan fingerprint density at radius 1 is 1.24 bits per heavy atom. The van der Waals surface area contributed by atoms with E-state index in [4.69, 9.17) is 0 Å². The third-order valence-electron chi connectivity index (χ3n) is 2.62. The van der Waals surface area contributed by atoms with E-state index in [9.17, 15) is 4.79 Å². The van der Waals surface area contributed by atoms with Crippen molar-refractivity contribution in [1.29, 1.82) is 0 Å². The van der Waals surface area contributed by atoms with Crippen molar-refractivity contribution in [3.05, 3.63) is 44.7 Å². The monoisotopic (exact) mass is 333 g/mol. The lowest BCUT2D eigenvalue weighted by Crippen LogP contribution is -2.16. The van der Waals surface area contributed by atoms with Gasteiger partial charge in [-0.1, -0.05) is 6.07 Å². The first-order valence-corrected chi connectivity index (χ1v) is 8.63. The van der Waals surface area contributed by atoms with Crippen LogP contribution in [0, 0.1) is 0 Å². The van der Waals surface area contributed by atoms with Gasteiger partial charge in [-0.05, 0) is 23.6 Å². The summed E-state index contributed by atoms with van der Waals surface area (Å²) in [5.74, 6) is -0.107. The maximum atomic E-state index is 11.5. The molecule has 3 heterocycles. The van der Waals surface area contributed by atoms with Crippen LogP contribution in [0.1, 0.15) is 19.6 Å². The number of hydrogen-bond acceptors (Lipinski definition) is 6. The first kappa shape index (κ1) is 14.1. The summed E-state index contributed by atoms with van der Waals surface area (Å²) in [5, 5.41) is 6.46. The molecule has 1 amide bonds. The summed E-state index contributed by atoms with van der Waals surface area (Å²) in [7, 11) is 1.61. The van der Waals surface area contributed by atoms with Crippen LogP contribution in [0.4, 0.5) is 0 Å². The molecule has 0 radical (unpaired) electrons. The molecule has 7 heteroatoms. The molecule has 106 valence electrons. The van der Waals surface area contributed by atoms with Crippen molar-refractivity contribution in [1.82, 2.24) is 15.3 Å². The van der Waals surface area contributed by atoms with E-state index in [1.807, 2.05) is 29.8 Å². The lowest BCUT2D eigenvalue weighted by molar-refractivity contribution is 0.0967. The normalized spacial score (nSPS) is 11.1. The van der Waals surface area contributed by atoms with E-state index < -0.39 is 0 Å². The third-order valence-corrected chi connectivity index (χ3v) is 5.58. The fourth-order valence-electron chi connectivity index (χ4n) is 1.62. The number of thiophene rings is 1. The van der Waals surface area contributed by atoms with Gasteiger partial charge in [-0.3, -0.25) is 4.79 Å². The molecule has 4 nitrogen and oxygen atoms in total. The standard InChI is InChI=1S/C14H11N3OS3/c1-15-13(18)11-8-16-12(21-11)5-4-9-7-17-14(20-9)10-3-2-6-19-10/h2-8H,1H3,(H,15,18)/b5-4+. The van der Waals surface area contributed by atoms with E-state index >= 15 is 0 Å². The second-order valence-electron chi connectivity index (χ2n) is 4.02. The van der Waals surface area contributed by atoms with Crippen LogP contribution in [0.15, 0.2) is 29.9 Å². The van der Waals surface area contributed by atoms with E-state index in [2.05, 4.69) is 21.4 Å². The Balaban J connectivity index is 1.74. The Bertz CT molecular complexity index is 771. The van der Waals surface area contributed by atoms with Gasteiger partial charge in [0.25, 0.3) is 5.91 Å². The second kappa shape index (κ2) is 6.30. The van der Waals surface area contributed by atoms with E-state index in [0.717, 1.165) is 14.9 Å². The summed E-state index contributed by atoms with van der Waals surface area (Å²) < 4.78 is 0. The highest BCUT2D eigenvalue weighted by Gasteiger charge is 2.07. The van der Waals surface area contributed by atoms with Gasteiger partial charge in [0.1, 0.15) is 14.9 Å². The van der Waals surface area contributed by atoms with E-state index in [0.29, 0.717) is 4.88 Å². The summed E-state index contributed by atoms with van der Waals surface area (Å²) >= 11 is 4.69. The Labute approximate surface area is 133 Å². The lowest BCUT2D eigenvalue weighted by atomic mass is 10.4. The van der Waals surface area contributed by atoms with Crippen molar-refractivity contribution in [2.45, 2.75) is 0 Å². The minimum atomic E-state index is -0.107. The van der Waals surface area contributed by atoms with Crippen LogP contribution in [0.25, 0.3) is 22.0 Å². The molecule has 0 fully saturated rings. The number of nitrogens with one attached hydrogen (secondary N) is 1. The molecular weight excluding hydrogens is 322 g/mol. The highest BCUT2D eigenvalue weighted by atomic mass is 32.1. The predicted molar refractivity (Wildman–Crippen MR) is 89.9 cm³/mol. The maximum Gasteiger partial charge on any atom is 0.262 e. The second-order valence-corrected chi connectivity index (χ2v) is 7.09. The molecule has 0 aliphatic heterocycles. The van der Waals surface area contributed by atoms with Gasteiger partial charge < -0.3 is 5.32 Å². The first-order valence-electron chi connectivity index (χ1n) is 6.12. The Morgan fingerprint density at radius 3 is 2.90 bits per heavy atom. The highest BCUT2D eigenvalue weighted by Crippen LogP contribution is 2.29. The van der Waals surface area contributed by atoms with Crippen molar-refractivity contribution in [3.8, 4) is 9.88 Å². The van der Waals surface area contributed by atoms with Gasteiger partial charge in [0, 0.05) is 18.1 Å². The van der Waals surface area contributed by atoms with Crippen molar-refractivity contribution in [3.63, 3.8) is 0 Å². The fraction of sp³-hybridized carbons (Fsp3) is 0.0714. The molecule has 0 saturated heterocycles. The summed E-state index contributed by atoms with van der Waals surface area (Å²) in [6, 6.07) is 4.08. The van der Waals surface area contributed by atoms with Gasteiger partial charge in [0.2, 0.25) is 0 Å². The van der Waals surface area contributed by atoms with E-state index in [-0.39, 0.29) is 5.91 Å². The quantitative estimate of drug-likeness (QED) is 0.789. The number of hydrogen-bond donors (Lipinski definition) is 1. The number of aromatic nitrogens is 2.